The Morgan fingerprint density at radius 2 is 1.71 bits per heavy atom. The second kappa shape index (κ2) is 10.6. The zero-order valence-electron chi connectivity index (χ0n) is 19.4. The lowest BCUT2D eigenvalue weighted by Gasteiger charge is -2.45. The highest BCUT2D eigenvalue weighted by atomic mass is 19.4. The molecule has 0 amide bonds. The molecule has 35 heavy (non-hydrogen) atoms. The summed E-state index contributed by atoms with van der Waals surface area (Å²) >= 11 is 0. The molecule has 4 nitrogen and oxygen atoms in total. The minimum absolute atomic E-state index is 0.0539. The van der Waals surface area contributed by atoms with E-state index in [2.05, 4.69) is 9.88 Å². The fourth-order valence-corrected chi connectivity index (χ4v) is 4.76. The first-order valence-corrected chi connectivity index (χ1v) is 11.4. The normalized spacial score (nSPS) is 20.7. The molecule has 3 atom stereocenters. The van der Waals surface area contributed by atoms with Gasteiger partial charge in [0.05, 0.1) is 5.56 Å². The summed E-state index contributed by atoms with van der Waals surface area (Å²) in [6, 6.07) is 6.44. The van der Waals surface area contributed by atoms with Gasteiger partial charge in [-0.1, -0.05) is 32.0 Å². The van der Waals surface area contributed by atoms with Crippen molar-refractivity contribution in [1.29, 1.82) is 0 Å². The Morgan fingerprint density at radius 3 is 2.20 bits per heavy atom. The molecule has 2 aromatic rings. The van der Waals surface area contributed by atoms with Gasteiger partial charge in [0, 0.05) is 24.7 Å². The van der Waals surface area contributed by atoms with Gasteiger partial charge in [-0.05, 0) is 67.0 Å². The summed E-state index contributed by atoms with van der Waals surface area (Å²) in [7, 11) is 0. The van der Waals surface area contributed by atoms with Crippen LogP contribution >= 0.6 is 0 Å². The smallest absolute Gasteiger partial charge is 0.433 e. The number of alkyl halides is 6. The Balaban J connectivity index is 1.99. The van der Waals surface area contributed by atoms with Crippen molar-refractivity contribution in [3.05, 3.63) is 65.0 Å². The van der Waals surface area contributed by atoms with E-state index in [1.165, 1.54) is 24.4 Å². The van der Waals surface area contributed by atoms with E-state index in [-0.39, 0.29) is 30.3 Å². The van der Waals surface area contributed by atoms with Crippen LogP contribution in [0.15, 0.2) is 42.6 Å². The number of carbonyl (C=O) groups is 1. The third-order valence-corrected chi connectivity index (χ3v) is 6.40. The average Bonchev–Trinajstić information content (AvgIpc) is 2.76. The van der Waals surface area contributed by atoms with E-state index >= 15 is 0 Å². The Kier molecular flexibility index (Phi) is 8.14. The number of aromatic nitrogens is 1. The van der Waals surface area contributed by atoms with Crippen LogP contribution < -0.4 is 0 Å². The highest BCUT2D eigenvalue weighted by molar-refractivity contribution is 5.67. The predicted octanol–water partition coefficient (Wildman–Crippen LogP) is 7.13. The maximum atomic E-state index is 13.1. The number of carboxylic acids is 1. The molecule has 2 heterocycles. The Bertz CT molecular complexity index is 987. The largest absolute Gasteiger partial charge is 0.481 e. The molecule has 1 saturated heterocycles. The van der Waals surface area contributed by atoms with Gasteiger partial charge in [0.25, 0.3) is 0 Å². The zero-order valence-corrected chi connectivity index (χ0v) is 19.4. The van der Waals surface area contributed by atoms with Gasteiger partial charge >= 0.3 is 18.3 Å². The number of likely N-dealkylation sites (tertiary alicyclic amines) is 1. The number of pyridine rings is 1. The van der Waals surface area contributed by atoms with Crippen LogP contribution in [0.3, 0.4) is 0 Å². The number of rotatable bonds is 7. The van der Waals surface area contributed by atoms with Crippen LogP contribution in [0.2, 0.25) is 0 Å². The molecule has 3 rings (SSSR count). The van der Waals surface area contributed by atoms with Crippen molar-refractivity contribution in [3.8, 4) is 0 Å². The Hall–Kier alpha value is -2.62. The third kappa shape index (κ3) is 6.96. The van der Waals surface area contributed by atoms with Crippen molar-refractivity contribution >= 4 is 5.97 Å². The van der Waals surface area contributed by atoms with Crippen LogP contribution in [0.1, 0.15) is 74.0 Å². The number of hydrogen-bond acceptors (Lipinski definition) is 3. The van der Waals surface area contributed by atoms with Crippen LogP contribution in [-0.2, 0) is 17.1 Å². The van der Waals surface area contributed by atoms with E-state index in [9.17, 15) is 36.2 Å². The lowest BCUT2D eigenvalue weighted by atomic mass is 9.82. The summed E-state index contributed by atoms with van der Waals surface area (Å²) in [6.07, 6.45) is -6.32. The highest BCUT2D eigenvalue weighted by Crippen LogP contribution is 2.43. The van der Waals surface area contributed by atoms with Crippen LogP contribution in [0.4, 0.5) is 26.3 Å². The molecule has 0 unspecified atom stereocenters. The van der Waals surface area contributed by atoms with Gasteiger partial charge in [-0.3, -0.25) is 14.7 Å². The van der Waals surface area contributed by atoms with Gasteiger partial charge < -0.3 is 5.11 Å². The van der Waals surface area contributed by atoms with Crippen molar-refractivity contribution in [2.75, 3.05) is 6.54 Å². The topological polar surface area (TPSA) is 53.4 Å². The minimum atomic E-state index is -4.57. The molecule has 10 heteroatoms. The number of halogens is 6. The van der Waals surface area contributed by atoms with E-state index in [0.29, 0.717) is 36.9 Å². The summed E-state index contributed by atoms with van der Waals surface area (Å²) in [5.74, 6) is -0.936. The zero-order chi connectivity index (χ0) is 26.0. The highest BCUT2D eigenvalue weighted by Gasteiger charge is 2.37. The quantitative estimate of drug-likeness (QED) is 0.409. The van der Waals surface area contributed by atoms with Gasteiger partial charge in [-0.2, -0.15) is 26.3 Å². The lowest BCUT2D eigenvalue weighted by molar-refractivity contribution is -0.141. The van der Waals surface area contributed by atoms with E-state index < -0.39 is 29.6 Å². The average molecular weight is 502 g/mol. The Labute approximate surface area is 200 Å². The summed E-state index contributed by atoms with van der Waals surface area (Å²) in [5.41, 5.74) is -0.581. The lowest BCUT2D eigenvalue weighted by Crippen LogP contribution is -2.40. The summed E-state index contributed by atoms with van der Waals surface area (Å²) in [4.78, 5) is 17.0. The SMILES string of the molecule is CC(C)C[C@H](c1ccc(C(F)(F)F)nc1)N1CC[C@@H](CC(=O)O)C[C@H]1c1ccc(C(F)(F)F)cc1. The number of carboxylic acid groups (broad SMARTS) is 1. The number of piperidine rings is 1. The van der Waals surface area contributed by atoms with Crippen molar-refractivity contribution in [2.24, 2.45) is 11.8 Å². The molecular formula is C25H28F6N2O2. The molecule has 1 N–H and O–H groups in total. The van der Waals surface area contributed by atoms with Gasteiger partial charge in [0.15, 0.2) is 0 Å². The van der Waals surface area contributed by atoms with Gasteiger partial charge in [-0.15, -0.1) is 0 Å². The standard InChI is InChI=1S/C25H28F6N2O2/c1-15(2)11-20(18-5-8-22(32-14-18)25(29,30)31)33-10-9-16(13-23(34)35)12-21(33)17-3-6-19(7-4-17)24(26,27)28/h3-8,14-16,20-21H,9-13H2,1-2H3,(H,34,35)/t16-,20-,21+/m1/s1. The third-order valence-electron chi connectivity index (χ3n) is 6.40. The first-order chi connectivity index (χ1) is 16.3. The second-order valence-electron chi connectivity index (χ2n) is 9.48. The number of aliphatic carboxylic acids is 1. The molecule has 1 aromatic heterocycles. The van der Waals surface area contributed by atoms with Crippen LogP contribution in [-0.4, -0.2) is 27.5 Å². The number of benzene rings is 1. The monoisotopic (exact) mass is 502 g/mol. The first kappa shape index (κ1) is 27.0. The molecular weight excluding hydrogens is 474 g/mol. The molecule has 0 aliphatic carbocycles. The minimum Gasteiger partial charge on any atom is -0.481 e. The fourth-order valence-electron chi connectivity index (χ4n) is 4.76. The van der Waals surface area contributed by atoms with Crippen LogP contribution in [0.25, 0.3) is 0 Å². The predicted molar refractivity (Wildman–Crippen MR) is 117 cm³/mol. The second-order valence-corrected chi connectivity index (χ2v) is 9.48. The van der Waals surface area contributed by atoms with E-state index in [1.807, 2.05) is 13.8 Å². The van der Waals surface area contributed by atoms with E-state index in [0.717, 1.165) is 18.2 Å². The van der Waals surface area contributed by atoms with Crippen molar-refractivity contribution in [2.45, 2.75) is 64.0 Å². The van der Waals surface area contributed by atoms with Crippen LogP contribution in [0.5, 0.6) is 0 Å². The van der Waals surface area contributed by atoms with Crippen LogP contribution in [0, 0.1) is 11.8 Å². The molecule has 0 saturated carbocycles. The summed E-state index contributed by atoms with van der Waals surface area (Å²) in [6.45, 7) is 4.42. The molecule has 1 aliphatic heterocycles. The molecule has 1 aliphatic rings. The molecule has 192 valence electrons. The Morgan fingerprint density at radius 1 is 1.06 bits per heavy atom. The number of nitrogens with zero attached hydrogens (tertiary/aromatic N) is 2. The molecule has 1 aromatic carbocycles. The van der Waals surface area contributed by atoms with Gasteiger partial charge in [0.1, 0.15) is 5.69 Å². The maximum absolute atomic E-state index is 13.1. The first-order valence-electron chi connectivity index (χ1n) is 11.4. The summed E-state index contributed by atoms with van der Waals surface area (Å²) in [5, 5.41) is 9.27. The van der Waals surface area contributed by atoms with E-state index in [1.54, 1.807) is 0 Å². The van der Waals surface area contributed by atoms with Crippen molar-refractivity contribution < 1.29 is 36.2 Å². The summed E-state index contributed by atoms with van der Waals surface area (Å²) < 4.78 is 78.4. The molecule has 0 bridgehead atoms. The molecule has 1 fully saturated rings. The van der Waals surface area contributed by atoms with Crippen molar-refractivity contribution in [3.63, 3.8) is 0 Å². The fraction of sp³-hybridized carbons (Fsp3) is 0.520. The van der Waals surface area contributed by atoms with Crippen molar-refractivity contribution in [1.82, 2.24) is 9.88 Å². The van der Waals surface area contributed by atoms with E-state index in [4.69, 9.17) is 0 Å². The van der Waals surface area contributed by atoms with Gasteiger partial charge in [-0.25, -0.2) is 0 Å². The molecule has 0 spiro atoms. The maximum Gasteiger partial charge on any atom is 0.433 e. The molecule has 0 radical (unpaired) electrons. The van der Waals surface area contributed by atoms with Gasteiger partial charge in [0.2, 0.25) is 0 Å². The number of hydrogen-bond donors (Lipinski definition) is 1.